The molecule has 0 unspecified atom stereocenters. The lowest BCUT2D eigenvalue weighted by atomic mass is 10.1. The molecule has 0 aliphatic carbocycles. The first-order chi connectivity index (χ1) is 14.9. The maximum absolute atomic E-state index is 13.2. The Morgan fingerprint density at radius 3 is 2.31 bits per heavy atom. The van der Waals surface area contributed by atoms with Crippen LogP contribution in [0.4, 0.5) is 24.5 Å². The first kappa shape index (κ1) is 23.6. The van der Waals surface area contributed by atoms with Crippen LogP contribution >= 0.6 is 11.6 Å². The minimum Gasteiger partial charge on any atom is -0.321 e. The number of rotatable bonds is 5. The Kier molecular flexibility index (Phi) is 6.52. The van der Waals surface area contributed by atoms with E-state index in [1.807, 2.05) is 6.07 Å². The van der Waals surface area contributed by atoms with Gasteiger partial charge in [0.1, 0.15) is 4.90 Å². The zero-order valence-corrected chi connectivity index (χ0v) is 18.5. The van der Waals surface area contributed by atoms with Crippen LogP contribution in [0.15, 0.2) is 65.6 Å². The highest BCUT2D eigenvalue weighted by Gasteiger charge is 2.33. The van der Waals surface area contributed by atoms with Crippen molar-refractivity contribution in [2.75, 3.05) is 10.0 Å². The molecule has 168 valence electrons. The minimum absolute atomic E-state index is 0.143. The predicted octanol–water partition coefficient (Wildman–Crippen LogP) is 6.03. The Morgan fingerprint density at radius 1 is 0.938 bits per heavy atom. The second-order valence-corrected chi connectivity index (χ2v) is 9.12. The van der Waals surface area contributed by atoms with Crippen molar-refractivity contribution in [1.82, 2.24) is 0 Å². The SMILES string of the molecule is Cc1ccc(C)c(NS(=O)(=O)c2cc(C(=O)Nc3ccccc3C(F)(F)F)ccc2Cl)c1. The highest BCUT2D eigenvalue weighted by atomic mass is 35.5. The fourth-order valence-electron chi connectivity index (χ4n) is 2.93. The number of carbonyl (C=O) groups is 1. The summed E-state index contributed by atoms with van der Waals surface area (Å²) in [5.41, 5.74) is 0.205. The van der Waals surface area contributed by atoms with E-state index in [2.05, 4.69) is 10.0 Å². The van der Waals surface area contributed by atoms with Crippen molar-refractivity contribution in [3.05, 3.63) is 87.9 Å². The third-order valence-corrected chi connectivity index (χ3v) is 6.45. The number of carbonyl (C=O) groups excluding carboxylic acids is 1. The second-order valence-electron chi connectivity index (χ2n) is 7.07. The van der Waals surface area contributed by atoms with Crippen LogP contribution in [0.1, 0.15) is 27.0 Å². The van der Waals surface area contributed by atoms with Crippen molar-refractivity contribution < 1.29 is 26.4 Å². The average Bonchev–Trinajstić information content (AvgIpc) is 2.70. The van der Waals surface area contributed by atoms with E-state index in [-0.39, 0.29) is 15.5 Å². The summed E-state index contributed by atoms with van der Waals surface area (Å²) in [4.78, 5) is 12.2. The summed E-state index contributed by atoms with van der Waals surface area (Å²) < 4.78 is 67.9. The molecule has 0 atom stereocenters. The molecule has 0 saturated heterocycles. The number of amides is 1. The lowest BCUT2D eigenvalue weighted by Gasteiger charge is -2.15. The highest BCUT2D eigenvalue weighted by Crippen LogP contribution is 2.35. The molecule has 0 aliphatic heterocycles. The molecule has 1 amide bonds. The van der Waals surface area contributed by atoms with Gasteiger partial charge in [-0.05, 0) is 61.4 Å². The van der Waals surface area contributed by atoms with E-state index in [1.165, 1.54) is 24.3 Å². The normalized spacial score (nSPS) is 11.8. The molecule has 3 aromatic rings. The molecule has 0 spiro atoms. The van der Waals surface area contributed by atoms with Gasteiger partial charge >= 0.3 is 6.18 Å². The third-order valence-electron chi connectivity index (χ3n) is 4.60. The summed E-state index contributed by atoms with van der Waals surface area (Å²) >= 11 is 6.07. The van der Waals surface area contributed by atoms with Crippen LogP contribution in [0, 0.1) is 13.8 Å². The molecule has 32 heavy (non-hydrogen) atoms. The summed E-state index contributed by atoms with van der Waals surface area (Å²) in [5, 5.41) is 2.04. The molecule has 3 aromatic carbocycles. The van der Waals surface area contributed by atoms with Crippen LogP contribution < -0.4 is 10.0 Å². The van der Waals surface area contributed by atoms with E-state index in [0.717, 1.165) is 23.8 Å². The van der Waals surface area contributed by atoms with Gasteiger partial charge in [-0.2, -0.15) is 13.2 Å². The van der Waals surface area contributed by atoms with Crippen LogP contribution in [0.25, 0.3) is 0 Å². The summed E-state index contributed by atoms with van der Waals surface area (Å²) in [6, 6.07) is 13.1. The minimum atomic E-state index is -4.67. The number of hydrogen-bond acceptors (Lipinski definition) is 3. The fourth-order valence-corrected chi connectivity index (χ4v) is 4.58. The Bertz CT molecular complexity index is 1290. The van der Waals surface area contributed by atoms with Gasteiger partial charge in [0.05, 0.1) is 22.0 Å². The molecule has 0 radical (unpaired) electrons. The Labute approximate surface area is 188 Å². The monoisotopic (exact) mass is 482 g/mol. The number of para-hydroxylation sites is 1. The molecule has 0 bridgehead atoms. The van der Waals surface area contributed by atoms with Crippen LogP contribution in [0.3, 0.4) is 0 Å². The molecule has 5 nitrogen and oxygen atoms in total. The van der Waals surface area contributed by atoms with Crippen molar-refractivity contribution >= 4 is 38.9 Å². The van der Waals surface area contributed by atoms with Crippen LogP contribution in [-0.2, 0) is 16.2 Å². The summed E-state index contributed by atoms with van der Waals surface area (Å²) in [5.74, 6) is -0.915. The fraction of sp³-hybridized carbons (Fsp3) is 0.136. The zero-order chi connectivity index (χ0) is 23.7. The van der Waals surface area contributed by atoms with Crippen molar-refractivity contribution in [2.24, 2.45) is 0 Å². The molecule has 2 N–H and O–H groups in total. The Morgan fingerprint density at radius 2 is 1.62 bits per heavy atom. The van der Waals surface area contributed by atoms with Crippen molar-refractivity contribution in [3.63, 3.8) is 0 Å². The van der Waals surface area contributed by atoms with Gasteiger partial charge < -0.3 is 5.32 Å². The first-order valence-electron chi connectivity index (χ1n) is 9.26. The Hall–Kier alpha value is -3.04. The number of halogens is 4. The number of nitrogens with one attached hydrogen (secondary N) is 2. The molecule has 0 aromatic heterocycles. The number of sulfonamides is 1. The van der Waals surface area contributed by atoms with E-state index in [0.29, 0.717) is 11.3 Å². The van der Waals surface area contributed by atoms with Crippen LogP contribution in [0.2, 0.25) is 5.02 Å². The van der Waals surface area contributed by atoms with Crippen molar-refractivity contribution in [1.29, 1.82) is 0 Å². The Balaban J connectivity index is 1.94. The van der Waals surface area contributed by atoms with Gasteiger partial charge in [0.25, 0.3) is 15.9 Å². The maximum Gasteiger partial charge on any atom is 0.418 e. The number of anilines is 2. The van der Waals surface area contributed by atoms with E-state index in [9.17, 15) is 26.4 Å². The van der Waals surface area contributed by atoms with Crippen LogP contribution in [-0.4, -0.2) is 14.3 Å². The van der Waals surface area contributed by atoms with Gasteiger partial charge in [-0.1, -0.05) is 35.9 Å². The smallest absolute Gasteiger partial charge is 0.321 e. The standard InChI is InChI=1S/C22H18ClF3N2O3S/c1-13-7-8-14(2)19(11-13)28-32(30,31)20-12-15(9-10-17(20)23)21(29)27-18-6-4-3-5-16(18)22(24,25)26/h3-12,28H,1-2H3,(H,27,29). The zero-order valence-electron chi connectivity index (χ0n) is 16.9. The third kappa shape index (κ3) is 5.23. The first-order valence-corrected chi connectivity index (χ1v) is 11.1. The molecule has 3 rings (SSSR count). The lowest BCUT2D eigenvalue weighted by molar-refractivity contribution is -0.136. The van der Waals surface area contributed by atoms with Crippen molar-refractivity contribution in [2.45, 2.75) is 24.9 Å². The molecular weight excluding hydrogens is 465 g/mol. The van der Waals surface area contributed by atoms with E-state index in [4.69, 9.17) is 11.6 Å². The highest BCUT2D eigenvalue weighted by molar-refractivity contribution is 7.92. The van der Waals surface area contributed by atoms with Gasteiger partial charge in [0, 0.05) is 5.56 Å². The summed E-state index contributed by atoms with van der Waals surface area (Å²) in [6.07, 6.45) is -4.67. The maximum atomic E-state index is 13.2. The van der Waals surface area contributed by atoms with Crippen molar-refractivity contribution in [3.8, 4) is 0 Å². The van der Waals surface area contributed by atoms with Crippen LogP contribution in [0.5, 0.6) is 0 Å². The second kappa shape index (κ2) is 8.84. The average molecular weight is 483 g/mol. The number of hydrogen-bond donors (Lipinski definition) is 2. The van der Waals surface area contributed by atoms with Gasteiger partial charge in [-0.15, -0.1) is 0 Å². The summed E-state index contributed by atoms with van der Waals surface area (Å²) in [6.45, 7) is 3.52. The topological polar surface area (TPSA) is 75.3 Å². The van der Waals surface area contributed by atoms with E-state index in [1.54, 1.807) is 26.0 Å². The quantitative estimate of drug-likeness (QED) is 0.466. The van der Waals surface area contributed by atoms with Gasteiger partial charge in [-0.25, -0.2) is 8.42 Å². The summed E-state index contributed by atoms with van der Waals surface area (Å²) in [7, 11) is -4.19. The number of aryl methyl sites for hydroxylation is 2. The number of benzene rings is 3. The predicted molar refractivity (Wildman–Crippen MR) is 118 cm³/mol. The van der Waals surface area contributed by atoms with Gasteiger partial charge in [0.15, 0.2) is 0 Å². The van der Waals surface area contributed by atoms with Gasteiger partial charge in [0.2, 0.25) is 0 Å². The molecule has 0 aliphatic rings. The lowest BCUT2D eigenvalue weighted by Crippen LogP contribution is -2.18. The molecular formula is C22H18ClF3N2O3S. The largest absolute Gasteiger partial charge is 0.418 e. The molecule has 0 fully saturated rings. The molecule has 10 heteroatoms. The number of alkyl halides is 3. The van der Waals surface area contributed by atoms with Gasteiger partial charge in [-0.3, -0.25) is 9.52 Å². The molecule has 0 saturated carbocycles. The van der Waals surface area contributed by atoms with E-state index >= 15 is 0 Å². The van der Waals surface area contributed by atoms with E-state index < -0.39 is 33.4 Å². The molecule has 0 heterocycles.